The van der Waals surface area contributed by atoms with Gasteiger partial charge in [0.15, 0.2) is 0 Å². The Balaban J connectivity index is 1.73. The van der Waals surface area contributed by atoms with E-state index in [0.717, 1.165) is 64.9 Å². The summed E-state index contributed by atoms with van der Waals surface area (Å²) in [6.07, 6.45) is 6.57. The van der Waals surface area contributed by atoms with Crippen molar-refractivity contribution in [2.45, 2.75) is 71.0 Å². The minimum Gasteiger partial charge on any atom is -0.352 e. The number of carbonyl (C=O) groups is 2. The molecule has 3 aromatic carbocycles. The second kappa shape index (κ2) is 13.8. The zero-order valence-corrected chi connectivity index (χ0v) is 25.1. The number of amides is 2. The summed E-state index contributed by atoms with van der Waals surface area (Å²) in [6, 6.07) is 23.9. The Bertz CT molecular complexity index is 1440. The third kappa shape index (κ3) is 8.43. The van der Waals surface area contributed by atoms with Crippen molar-refractivity contribution in [3.05, 3.63) is 101 Å². The summed E-state index contributed by atoms with van der Waals surface area (Å²) in [7, 11) is -3.79. The molecular weight excluding hydrogens is 534 g/mol. The standard InChI is InChI=1S/C33H41N3O4S/c1-25-13-12-17-28(21-25)23-35(32(37)24-36(41(3,39)40)30-20-11-10-14-26(30)2)31(22-27-15-6-4-7-16-27)33(38)34-29-18-8-5-9-19-29/h4,6-7,10-17,20-21,29,31H,5,8-9,18-19,22-24H2,1-3H3,(H,34,38)/t31-/m1/s1. The van der Waals surface area contributed by atoms with Gasteiger partial charge in [-0.15, -0.1) is 0 Å². The van der Waals surface area contributed by atoms with E-state index in [4.69, 9.17) is 0 Å². The van der Waals surface area contributed by atoms with Crippen molar-refractivity contribution in [1.82, 2.24) is 10.2 Å². The van der Waals surface area contributed by atoms with E-state index < -0.39 is 28.5 Å². The normalized spacial score (nSPS) is 14.7. The number of benzene rings is 3. The molecule has 218 valence electrons. The Hall–Kier alpha value is -3.65. The number of nitrogens with one attached hydrogen (secondary N) is 1. The molecule has 3 aromatic rings. The van der Waals surface area contributed by atoms with Crippen LogP contribution < -0.4 is 9.62 Å². The zero-order valence-electron chi connectivity index (χ0n) is 24.3. The molecule has 0 spiro atoms. The van der Waals surface area contributed by atoms with Gasteiger partial charge in [-0.3, -0.25) is 13.9 Å². The second-order valence-electron chi connectivity index (χ2n) is 11.1. The molecule has 0 heterocycles. The minimum atomic E-state index is -3.79. The first-order chi connectivity index (χ1) is 19.6. The van der Waals surface area contributed by atoms with Crippen LogP contribution in [-0.2, 0) is 32.6 Å². The molecule has 1 saturated carbocycles. The highest BCUT2D eigenvalue weighted by atomic mass is 32.2. The highest BCUT2D eigenvalue weighted by Crippen LogP contribution is 2.24. The van der Waals surface area contributed by atoms with Gasteiger partial charge in [0.1, 0.15) is 12.6 Å². The smallest absolute Gasteiger partial charge is 0.244 e. The zero-order chi connectivity index (χ0) is 29.4. The fourth-order valence-corrected chi connectivity index (χ4v) is 6.45. The van der Waals surface area contributed by atoms with E-state index in [1.54, 1.807) is 17.0 Å². The Kier molecular flexibility index (Phi) is 10.2. The minimum absolute atomic E-state index is 0.0740. The monoisotopic (exact) mass is 575 g/mol. The summed E-state index contributed by atoms with van der Waals surface area (Å²) in [5, 5.41) is 3.23. The maximum Gasteiger partial charge on any atom is 0.244 e. The first-order valence-electron chi connectivity index (χ1n) is 14.3. The third-order valence-electron chi connectivity index (χ3n) is 7.72. The first kappa shape index (κ1) is 30.3. The van der Waals surface area contributed by atoms with Crippen molar-refractivity contribution >= 4 is 27.5 Å². The molecule has 1 N–H and O–H groups in total. The summed E-state index contributed by atoms with van der Waals surface area (Å²) in [6.45, 7) is 3.58. The molecule has 0 aliphatic heterocycles. The van der Waals surface area contributed by atoms with Gasteiger partial charge in [0.05, 0.1) is 11.9 Å². The van der Waals surface area contributed by atoms with Gasteiger partial charge in [-0.25, -0.2) is 8.42 Å². The lowest BCUT2D eigenvalue weighted by Crippen LogP contribution is -2.55. The lowest BCUT2D eigenvalue weighted by atomic mass is 9.94. The molecule has 1 aliphatic rings. The molecule has 4 rings (SSSR count). The average Bonchev–Trinajstić information content (AvgIpc) is 2.94. The van der Waals surface area contributed by atoms with Crippen LogP contribution in [-0.4, -0.2) is 50.0 Å². The summed E-state index contributed by atoms with van der Waals surface area (Å²) in [5.74, 6) is -0.636. The molecule has 41 heavy (non-hydrogen) atoms. The van der Waals surface area contributed by atoms with Crippen molar-refractivity contribution in [2.75, 3.05) is 17.1 Å². The van der Waals surface area contributed by atoms with Crippen LogP contribution in [0, 0.1) is 13.8 Å². The fourth-order valence-electron chi connectivity index (χ4n) is 5.54. The maximum absolute atomic E-state index is 14.2. The van der Waals surface area contributed by atoms with Crippen molar-refractivity contribution in [1.29, 1.82) is 0 Å². The molecule has 8 heteroatoms. The van der Waals surface area contributed by atoms with Crippen LogP contribution in [0.2, 0.25) is 0 Å². The molecule has 0 unspecified atom stereocenters. The number of aryl methyl sites for hydroxylation is 2. The number of anilines is 1. The molecular formula is C33H41N3O4S. The van der Waals surface area contributed by atoms with Crippen LogP contribution in [0.15, 0.2) is 78.9 Å². The van der Waals surface area contributed by atoms with Crippen LogP contribution >= 0.6 is 0 Å². The molecule has 0 radical (unpaired) electrons. The number of hydrogen-bond acceptors (Lipinski definition) is 4. The number of nitrogens with zero attached hydrogens (tertiary/aromatic N) is 2. The van der Waals surface area contributed by atoms with E-state index in [0.29, 0.717) is 12.1 Å². The van der Waals surface area contributed by atoms with Crippen molar-refractivity contribution in [3.63, 3.8) is 0 Å². The van der Waals surface area contributed by atoms with Gasteiger partial charge in [-0.1, -0.05) is 97.6 Å². The summed E-state index contributed by atoms with van der Waals surface area (Å²) in [4.78, 5) is 29.8. The van der Waals surface area contributed by atoms with Crippen LogP contribution in [0.5, 0.6) is 0 Å². The highest BCUT2D eigenvalue weighted by Gasteiger charge is 2.34. The number of hydrogen-bond donors (Lipinski definition) is 1. The molecule has 0 aromatic heterocycles. The Morgan fingerprint density at radius 3 is 2.20 bits per heavy atom. The Morgan fingerprint density at radius 2 is 1.54 bits per heavy atom. The Labute approximate surface area is 244 Å². The van der Waals surface area contributed by atoms with Gasteiger partial charge in [0, 0.05) is 19.0 Å². The van der Waals surface area contributed by atoms with Gasteiger partial charge >= 0.3 is 0 Å². The number of rotatable bonds is 11. The van der Waals surface area contributed by atoms with Gasteiger partial charge in [-0.05, 0) is 49.4 Å². The molecule has 0 bridgehead atoms. The van der Waals surface area contributed by atoms with E-state index in [1.165, 1.54) is 0 Å². The molecule has 0 saturated heterocycles. The van der Waals surface area contributed by atoms with Crippen LogP contribution in [0.4, 0.5) is 5.69 Å². The number of sulfonamides is 1. The SMILES string of the molecule is Cc1cccc(CN(C(=O)CN(c2ccccc2C)S(C)(=O)=O)[C@H](Cc2ccccc2)C(=O)NC2CCCCC2)c1. The van der Waals surface area contributed by atoms with Gasteiger partial charge < -0.3 is 10.2 Å². The van der Waals surface area contributed by atoms with Crippen LogP contribution in [0.1, 0.15) is 54.4 Å². The molecule has 2 amide bonds. The average molecular weight is 576 g/mol. The maximum atomic E-state index is 14.2. The van der Waals surface area contributed by atoms with Crippen molar-refractivity contribution < 1.29 is 18.0 Å². The van der Waals surface area contributed by atoms with Crippen LogP contribution in [0.25, 0.3) is 0 Å². The fraction of sp³-hybridized carbons (Fsp3) is 0.394. The topological polar surface area (TPSA) is 86.8 Å². The lowest BCUT2D eigenvalue weighted by molar-refractivity contribution is -0.140. The predicted molar refractivity (Wildman–Crippen MR) is 164 cm³/mol. The first-order valence-corrected chi connectivity index (χ1v) is 16.2. The van der Waals surface area contributed by atoms with E-state index >= 15 is 0 Å². The molecule has 1 fully saturated rings. The van der Waals surface area contributed by atoms with E-state index in [2.05, 4.69) is 5.32 Å². The van der Waals surface area contributed by atoms with Crippen molar-refractivity contribution in [2.24, 2.45) is 0 Å². The molecule has 7 nitrogen and oxygen atoms in total. The van der Waals surface area contributed by atoms with Crippen molar-refractivity contribution in [3.8, 4) is 0 Å². The van der Waals surface area contributed by atoms with E-state index in [1.807, 2.05) is 80.6 Å². The van der Waals surface area contributed by atoms with Crippen LogP contribution in [0.3, 0.4) is 0 Å². The Morgan fingerprint density at radius 1 is 0.878 bits per heavy atom. The summed E-state index contributed by atoms with van der Waals surface area (Å²) in [5.41, 5.74) is 4.04. The molecule has 1 atom stereocenters. The number of para-hydroxylation sites is 1. The van der Waals surface area contributed by atoms with Gasteiger partial charge in [0.25, 0.3) is 0 Å². The second-order valence-corrected chi connectivity index (χ2v) is 13.0. The third-order valence-corrected chi connectivity index (χ3v) is 8.85. The summed E-state index contributed by atoms with van der Waals surface area (Å²) >= 11 is 0. The quantitative estimate of drug-likeness (QED) is 0.342. The molecule has 1 aliphatic carbocycles. The van der Waals surface area contributed by atoms with E-state index in [9.17, 15) is 18.0 Å². The van der Waals surface area contributed by atoms with Gasteiger partial charge in [0.2, 0.25) is 21.8 Å². The van der Waals surface area contributed by atoms with E-state index in [-0.39, 0.29) is 18.5 Å². The largest absolute Gasteiger partial charge is 0.352 e. The summed E-state index contributed by atoms with van der Waals surface area (Å²) < 4.78 is 27.1. The lowest BCUT2D eigenvalue weighted by Gasteiger charge is -2.35. The highest BCUT2D eigenvalue weighted by molar-refractivity contribution is 7.92. The predicted octanol–water partition coefficient (Wildman–Crippen LogP) is 5.16. The van der Waals surface area contributed by atoms with Gasteiger partial charge in [-0.2, -0.15) is 0 Å². The number of carbonyl (C=O) groups excluding carboxylic acids is 2.